The second-order valence-electron chi connectivity index (χ2n) is 6.40. The van der Waals surface area contributed by atoms with Crippen LogP contribution in [-0.2, 0) is 9.53 Å². The number of nitrogens with one attached hydrogen (secondary N) is 1. The molecule has 2 heterocycles. The Bertz CT molecular complexity index is 991. The number of carbonyl (C=O) groups excluding carboxylic acids is 1. The van der Waals surface area contributed by atoms with E-state index in [0.29, 0.717) is 12.2 Å². The van der Waals surface area contributed by atoms with Gasteiger partial charge in [0, 0.05) is 11.8 Å². The molecule has 0 aliphatic carbocycles. The van der Waals surface area contributed by atoms with E-state index in [4.69, 9.17) is 9.84 Å². The fourth-order valence-electron chi connectivity index (χ4n) is 3.52. The van der Waals surface area contributed by atoms with Crippen molar-refractivity contribution in [2.75, 3.05) is 11.9 Å². The molecular formula is C22H21N3O2. The van der Waals surface area contributed by atoms with E-state index in [0.717, 1.165) is 28.2 Å². The molecule has 0 radical (unpaired) electrons. The first-order valence-corrected chi connectivity index (χ1v) is 9.04. The van der Waals surface area contributed by atoms with E-state index >= 15 is 0 Å². The summed E-state index contributed by atoms with van der Waals surface area (Å²) in [6.45, 7) is 4.13. The van der Waals surface area contributed by atoms with Crippen LogP contribution in [0.3, 0.4) is 0 Å². The molecule has 0 saturated carbocycles. The molecule has 2 aromatic carbocycles. The zero-order chi connectivity index (χ0) is 18.8. The number of fused-ring (bicyclic) bond motifs is 1. The number of benzene rings is 2. The summed E-state index contributed by atoms with van der Waals surface area (Å²) in [4.78, 5) is 12.6. The van der Waals surface area contributed by atoms with Crippen molar-refractivity contribution in [3.63, 3.8) is 0 Å². The highest BCUT2D eigenvalue weighted by Gasteiger charge is 2.33. The number of anilines is 1. The van der Waals surface area contributed by atoms with E-state index in [-0.39, 0.29) is 12.0 Å². The number of esters is 1. The number of aromatic nitrogens is 2. The van der Waals surface area contributed by atoms with Crippen LogP contribution in [0.4, 0.5) is 5.82 Å². The van der Waals surface area contributed by atoms with Crippen molar-refractivity contribution >= 4 is 11.8 Å². The van der Waals surface area contributed by atoms with Gasteiger partial charge >= 0.3 is 5.97 Å². The van der Waals surface area contributed by atoms with Gasteiger partial charge in [0.05, 0.1) is 17.9 Å². The molecule has 0 amide bonds. The Kier molecular flexibility index (Phi) is 4.50. The Balaban J connectivity index is 1.88. The van der Waals surface area contributed by atoms with Crippen molar-refractivity contribution in [1.82, 2.24) is 9.78 Å². The van der Waals surface area contributed by atoms with Crippen LogP contribution < -0.4 is 5.32 Å². The number of nitrogens with zero attached hydrogens (tertiary/aromatic N) is 2. The molecule has 136 valence electrons. The molecule has 0 fully saturated rings. The highest BCUT2D eigenvalue weighted by atomic mass is 16.5. The van der Waals surface area contributed by atoms with Crippen LogP contribution in [0.1, 0.15) is 24.2 Å². The van der Waals surface area contributed by atoms with Gasteiger partial charge in [0.15, 0.2) is 0 Å². The standard InChI is InChI=1S/C22H21N3O2/c1-3-27-22(26)18-14-23-21-19(16-10-6-4-7-11-16)15(2)24-25(21)20(18)17-12-8-5-9-13-17/h4-14,20,23H,3H2,1-2H3. The molecule has 27 heavy (non-hydrogen) atoms. The van der Waals surface area contributed by atoms with E-state index in [1.807, 2.05) is 67.1 Å². The Morgan fingerprint density at radius 1 is 1.11 bits per heavy atom. The van der Waals surface area contributed by atoms with Crippen LogP contribution >= 0.6 is 0 Å². The summed E-state index contributed by atoms with van der Waals surface area (Å²) in [5.74, 6) is 0.541. The van der Waals surface area contributed by atoms with Gasteiger partial charge in [-0.15, -0.1) is 0 Å². The van der Waals surface area contributed by atoms with Crippen LogP contribution in [-0.4, -0.2) is 22.4 Å². The molecule has 0 bridgehead atoms. The minimum atomic E-state index is -0.335. The van der Waals surface area contributed by atoms with Gasteiger partial charge in [-0.1, -0.05) is 60.7 Å². The number of carbonyl (C=O) groups is 1. The highest BCUT2D eigenvalue weighted by molar-refractivity contribution is 5.92. The average molecular weight is 359 g/mol. The third-order valence-corrected chi connectivity index (χ3v) is 4.68. The number of hydrogen-bond acceptors (Lipinski definition) is 4. The molecule has 0 saturated heterocycles. The molecule has 1 aliphatic heterocycles. The third-order valence-electron chi connectivity index (χ3n) is 4.68. The summed E-state index contributed by atoms with van der Waals surface area (Å²) < 4.78 is 7.17. The van der Waals surface area contributed by atoms with E-state index in [9.17, 15) is 4.79 Å². The second kappa shape index (κ2) is 7.11. The Morgan fingerprint density at radius 3 is 2.44 bits per heavy atom. The highest BCUT2D eigenvalue weighted by Crippen LogP contribution is 2.40. The number of hydrogen-bond donors (Lipinski definition) is 1. The SMILES string of the molecule is CCOC(=O)C1=CNc2c(-c3ccccc3)c(C)nn2C1c1ccccc1. The number of ether oxygens (including phenoxy) is 1. The Labute approximate surface area is 158 Å². The maximum Gasteiger partial charge on any atom is 0.338 e. The first-order valence-electron chi connectivity index (χ1n) is 9.04. The van der Waals surface area contributed by atoms with Crippen molar-refractivity contribution in [2.24, 2.45) is 0 Å². The van der Waals surface area contributed by atoms with E-state index < -0.39 is 0 Å². The molecule has 1 atom stereocenters. The summed E-state index contributed by atoms with van der Waals surface area (Å²) in [5.41, 5.74) is 4.56. The van der Waals surface area contributed by atoms with Crippen molar-refractivity contribution in [2.45, 2.75) is 19.9 Å². The zero-order valence-corrected chi connectivity index (χ0v) is 15.3. The van der Waals surface area contributed by atoms with Crippen LogP contribution in [0, 0.1) is 6.92 Å². The van der Waals surface area contributed by atoms with Crippen LogP contribution in [0.25, 0.3) is 11.1 Å². The van der Waals surface area contributed by atoms with E-state index in [2.05, 4.69) is 17.4 Å². The van der Waals surface area contributed by atoms with Gasteiger partial charge in [-0.3, -0.25) is 0 Å². The van der Waals surface area contributed by atoms with Crippen molar-refractivity contribution < 1.29 is 9.53 Å². The first-order chi connectivity index (χ1) is 13.2. The summed E-state index contributed by atoms with van der Waals surface area (Å²) in [6.07, 6.45) is 1.75. The monoisotopic (exact) mass is 359 g/mol. The normalized spacial score (nSPS) is 15.5. The quantitative estimate of drug-likeness (QED) is 0.705. The largest absolute Gasteiger partial charge is 0.463 e. The van der Waals surface area contributed by atoms with E-state index in [1.165, 1.54) is 0 Å². The van der Waals surface area contributed by atoms with Gasteiger partial charge in [-0.05, 0) is 25.0 Å². The lowest BCUT2D eigenvalue weighted by molar-refractivity contribution is -0.139. The molecular weight excluding hydrogens is 338 g/mol. The van der Waals surface area contributed by atoms with E-state index in [1.54, 1.807) is 6.20 Å². The molecule has 1 unspecified atom stereocenters. The van der Waals surface area contributed by atoms with Gasteiger partial charge in [0.25, 0.3) is 0 Å². The minimum absolute atomic E-state index is 0.331. The zero-order valence-electron chi connectivity index (χ0n) is 15.3. The molecule has 5 nitrogen and oxygen atoms in total. The fourth-order valence-corrected chi connectivity index (χ4v) is 3.52. The van der Waals surface area contributed by atoms with Crippen molar-refractivity contribution in [3.8, 4) is 11.1 Å². The molecule has 4 rings (SSSR count). The predicted molar refractivity (Wildman–Crippen MR) is 105 cm³/mol. The topological polar surface area (TPSA) is 56.1 Å². The summed E-state index contributed by atoms with van der Waals surface area (Å²) in [7, 11) is 0. The van der Waals surface area contributed by atoms with Gasteiger partial charge in [0.1, 0.15) is 11.9 Å². The van der Waals surface area contributed by atoms with Gasteiger partial charge < -0.3 is 10.1 Å². The summed E-state index contributed by atoms with van der Waals surface area (Å²) in [5, 5.41) is 8.06. The smallest absolute Gasteiger partial charge is 0.338 e. The van der Waals surface area contributed by atoms with Gasteiger partial charge in [-0.2, -0.15) is 5.10 Å². The molecule has 1 aliphatic rings. The fraction of sp³-hybridized carbons (Fsp3) is 0.182. The molecule has 3 aromatic rings. The number of aryl methyl sites for hydroxylation is 1. The molecule has 0 spiro atoms. The van der Waals surface area contributed by atoms with Crippen LogP contribution in [0.5, 0.6) is 0 Å². The lowest BCUT2D eigenvalue weighted by Crippen LogP contribution is -2.27. The number of rotatable bonds is 4. The Hall–Kier alpha value is -3.34. The van der Waals surface area contributed by atoms with Crippen molar-refractivity contribution in [1.29, 1.82) is 0 Å². The van der Waals surface area contributed by atoms with Gasteiger partial charge in [-0.25, -0.2) is 9.48 Å². The average Bonchev–Trinajstić information content (AvgIpc) is 3.04. The second-order valence-corrected chi connectivity index (χ2v) is 6.40. The minimum Gasteiger partial charge on any atom is -0.463 e. The van der Waals surface area contributed by atoms with Crippen molar-refractivity contribution in [3.05, 3.63) is 83.7 Å². The van der Waals surface area contributed by atoms with Crippen LogP contribution in [0.15, 0.2) is 72.4 Å². The molecule has 1 N–H and O–H groups in total. The summed E-state index contributed by atoms with van der Waals surface area (Å²) >= 11 is 0. The Morgan fingerprint density at radius 2 is 1.78 bits per heavy atom. The lowest BCUT2D eigenvalue weighted by atomic mass is 9.97. The summed E-state index contributed by atoms with van der Waals surface area (Å²) in [6, 6.07) is 19.7. The maximum atomic E-state index is 12.6. The van der Waals surface area contributed by atoms with Gasteiger partial charge in [0.2, 0.25) is 0 Å². The maximum absolute atomic E-state index is 12.6. The third kappa shape index (κ3) is 3.01. The predicted octanol–water partition coefficient (Wildman–Crippen LogP) is 4.32. The molecule has 5 heteroatoms. The van der Waals surface area contributed by atoms with Crippen LogP contribution in [0.2, 0.25) is 0 Å². The first kappa shape index (κ1) is 17.1. The lowest BCUT2D eigenvalue weighted by Gasteiger charge is -2.26. The molecule has 1 aromatic heterocycles.